The van der Waals surface area contributed by atoms with Gasteiger partial charge in [-0.05, 0) is 31.9 Å². The molecule has 156 valence electrons. The van der Waals surface area contributed by atoms with E-state index in [2.05, 4.69) is 13.8 Å². The molecular weight excluding hydrogens is 360 g/mol. The summed E-state index contributed by atoms with van der Waals surface area (Å²) in [4.78, 5) is 0. The fraction of sp³-hybridized carbons (Fsp3) is 0.727. The zero-order valence-corrected chi connectivity index (χ0v) is 18.2. The summed E-state index contributed by atoms with van der Waals surface area (Å²) in [7, 11) is -3.70. The van der Waals surface area contributed by atoms with E-state index in [-0.39, 0.29) is 11.5 Å². The summed E-state index contributed by atoms with van der Waals surface area (Å²) in [5.41, 5.74) is 0.461. The molecule has 5 heteroatoms. The predicted octanol–water partition coefficient (Wildman–Crippen LogP) is 6.50. The van der Waals surface area contributed by atoms with E-state index in [0.717, 1.165) is 25.7 Å². The third-order valence-electron chi connectivity index (χ3n) is 5.13. The second-order valence-electron chi connectivity index (χ2n) is 7.50. The van der Waals surface area contributed by atoms with Crippen molar-refractivity contribution in [3.63, 3.8) is 0 Å². The molecule has 0 spiro atoms. The molecule has 1 N–H and O–H groups in total. The van der Waals surface area contributed by atoms with Gasteiger partial charge in [-0.1, -0.05) is 84.1 Å². The summed E-state index contributed by atoms with van der Waals surface area (Å²) in [6, 6.07) is 4.73. The second kappa shape index (κ2) is 13.0. The zero-order valence-electron chi connectivity index (χ0n) is 17.4. The molecule has 1 aromatic carbocycles. The van der Waals surface area contributed by atoms with Crippen LogP contribution in [0.25, 0.3) is 0 Å². The molecule has 0 radical (unpaired) electrons. The molecule has 0 saturated heterocycles. The van der Waals surface area contributed by atoms with Crippen molar-refractivity contribution in [1.29, 1.82) is 0 Å². The summed E-state index contributed by atoms with van der Waals surface area (Å²) in [6.45, 7) is 5.96. The first-order chi connectivity index (χ1) is 12.9. The van der Waals surface area contributed by atoms with Crippen molar-refractivity contribution < 1.29 is 17.7 Å². The van der Waals surface area contributed by atoms with Gasteiger partial charge in [0, 0.05) is 5.56 Å². The van der Waals surface area contributed by atoms with Crippen molar-refractivity contribution >= 4 is 10.1 Å². The number of hydrogen-bond donors (Lipinski definition) is 1. The molecule has 0 aliphatic rings. The summed E-state index contributed by atoms with van der Waals surface area (Å²) < 4.78 is 31.0. The molecule has 1 unspecified atom stereocenters. The average molecular weight is 399 g/mol. The lowest BCUT2D eigenvalue weighted by molar-refractivity contribution is 0.440. The number of aromatic hydroxyl groups is 1. The number of phenols is 1. The zero-order chi connectivity index (χ0) is 20.1. The number of phenolic OH excluding ortho intramolecular Hbond substituents is 1. The van der Waals surface area contributed by atoms with Gasteiger partial charge in [-0.15, -0.1) is 0 Å². The van der Waals surface area contributed by atoms with Crippen LogP contribution in [0.15, 0.2) is 18.2 Å². The normalized spacial score (nSPS) is 12.9. The molecule has 1 aromatic rings. The van der Waals surface area contributed by atoms with Gasteiger partial charge in [0.05, 0.1) is 5.25 Å². The van der Waals surface area contributed by atoms with Gasteiger partial charge in [0.1, 0.15) is 11.5 Å². The van der Waals surface area contributed by atoms with Crippen LogP contribution < -0.4 is 4.18 Å². The lowest BCUT2D eigenvalue weighted by Crippen LogP contribution is -2.26. The molecule has 0 aliphatic carbocycles. The summed E-state index contributed by atoms with van der Waals surface area (Å²) in [6.07, 6.45) is 12.7. The monoisotopic (exact) mass is 398 g/mol. The van der Waals surface area contributed by atoms with Gasteiger partial charge in [-0.2, -0.15) is 8.42 Å². The molecule has 0 aliphatic heterocycles. The highest BCUT2D eigenvalue weighted by Gasteiger charge is 2.27. The third-order valence-corrected chi connectivity index (χ3v) is 6.83. The highest BCUT2D eigenvalue weighted by atomic mass is 32.2. The van der Waals surface area contributed by atoms with E-state index in [9.17, 15) is 13.5 Å². The van der Waals surface area contributed by atoms with E-state index in [0.29, 0.717) is 18.4 Å². The summed E-state index contributed by atoms with van der Waals surface area (Å²) in [5, 5.41) is 9.31. The quantitative estimate of drug-likeness (QED) is 0.270. The Morgan fingerprint density at radius 2 is 1.44 bits per heavy atom. The molecule has 0 heterocycles. The van der Waals surface area contributed by atoms with Crippen LogP contribution in [0.3, 0.4) is 0 Å². The fourth-order valence-electron chi connectivity index (χ4n) is 3.26. The van der Waals surface area contributed by atoms with E-state index in [4.69, 9.17) is 4.18 Å². The summed E-state index contributed by atoms with van der Waals surface area (Å²) >= 11 is 0. The maximum Gasteiger partial charge on any atom is 0.312 e. The smallest absolute Gasteiger partial charge is 0.312 e. The van der Waals surface area contributed by atoms with E-state index in [1.54, 1.807) is 19.1 Å². The first-order valence-electron chi connectivity index (χ1n) is 10.6. The van der Waals surface area contributed by atoms with Crippen LogP contribution in [0.1, 0.15) is 96.5 Å². The van der Waals surface area contributed by atoms with Crippen LogP contribution in [0.5, 0.6) is 11.5 Å². The molecule has 0 bridgehead atoms. The molecular formula is C22H38O4S. The van der Waals surface area contributed by atoms with Crippen LogP contribution in [-0.2, 0) is 10.1 Å². The molecule has 0 saturated carbocycles. The predicted molar refractivity (Wildman–Crippen MR) is 113 cm³/mol. The van der Waals surface area contributed by atoms with E-state index in [1.165, 1.54) is 44.6 Å². The first-order valence-corrected chi connectivity index (χ1v) is 12.1. The van der Waals surface area contributed by atoms with Gasteiger partial charge < -0.3 is 9.29 Å². The SMILES string of the molecule is CCCCCCCCCCC(CCCC)S(=O)(=O)Oc1cccc(O)c1C. The van der Waals surface area contributed by atoms with Crippen LogP contribution in [-0.4, -0.2) is 18.8 Å². The van der Waals surface area contributed by atoms with E-state index in [1.807, 2.05) is 0 Å². The number of unbranched alkanes of at least 4 members (excludes halogenated alkanes) is 8. The summed E-state index contributed by atoms with van der Waals surface area (Å²) in [5.74, 6) is 0.281. The van der Waals surface area contributed by atoms with Crippen molar-refractivity contribution in [3.05, 3.63) is 23.8 Å². The van der Waals surface area contributed by atoms with Crippen LogP contribution >= 0.6 is 0 Å². The van der Waals surface area contributed by atoms with Gasteiger partial charge in [-0.25, -0.2) is 0 Å². The minimum atomic E-state index is -3.70. The third kappa shape index (κ3) is 9.00. The van der Waals surface area contributed by atoms with Gasteiger partial charge in [-0.3, -0.25) is 0 Å². The average Bonchev–Trinajstić information content (AvgIpc) is 2.63. The number of hydrogen-bond acceptors (Lipinski definition) is 4. The molecule has 0 fully saturated rings. The van der Waals surface area contributed by atoms with Crippen molar-refractivity contribution in [1.82, 2.24) is 0 Å². The highest BCUT2D eigenvalue weighted by molar-refractivity contribution is 7.87. The van der Waals surface area contributed by atoms with Crippen molar-refractivity contribution in [2.75, 3.05) is 0 Å². The lowest BCUT2D eigenvalue weighted by atomic mass is 10.0. The maximum atomic E-state index is 12.8. The molecule has 27 heavy (non-hydrogen) atoms. The van der Waals surface area contributed by atoms with Gasteiger partial charge >= 0.3 is 10.1 Å². The van der Waals surface area contributed by atoms with Gasteiger partial charge in [0.25, 0.3) is 0 Å². The fourth-order valence-corrected chi connectivity index (χ4v) is 4.73. The molecule has 1 atom stereocenters. The topological polar surface area (TPSA) is 63.6 Å². The molecule has 0 amide bonds. The second-order valence-corrected chi connectivity index (χ2v) is 9.32. The Morgan fingerprint density at radius 1 is 0.889 bits per heavy atom. The Kier molecular flexibility index (Phi) is 11.5. The Bertz CT molecular complexity index is 625. The standard InChI is InChI=1S/C22H38O4S/c1-4-6-8-9-10-11-12-13-16-20(15-7-5-2)27(24,25)26-22-18-14-17-21(23)19(22)3/h14,17-18,20,23H,4-13,15-16H2,1-3H3. The number of rotatable bonds is 15. The minimum Gasteiger partial charge on any atom is -0.508 e. The first kappa shape index (κ1) is 23.8. The maximum absolute atomic E-state index is 12.8. The van der Waals surface area contributed by atoms with Crippen LogP contribution in [0.4, 0.5) is 0 Å². The Hall–Kier alpha value is -1.23. The molecule has 0 aromatic heterocycles. The minimum absolute atomic E-state index is 0.0517. The Labute approximate surface area is 166 Å². The van der Waals surface area contributed by atoms with Crippen molar-refractivity contribution in [2.24, 2.45) is 0 Å². The molecule has 4 nitrogen and oxygen atoms in total. The van der Waals surface area contributed by atoms with Crippen molar-refractivity contribution in [2.45, 2.75) is 103 Å². The van der Waals surface area contributed by atoms with Gasteiger partial charge in [0.2, 0.25) is 0 Å². The highest BCUT2D eigenvalue weighted by Crippen LogP contribution is 2.29. The van der Waals surface area contributed by atoms with Crippen LogP contribution in [0.2, 0.25) is 0 Å². The van der Waals surface area contributed by atoms with Crippen LogP contribution in [0, 0.1) is 6.92 Å². The molecule has 1 rings (SSSR count). The lowest BCUT2D eigenvalue weighted by Gasteiger charge is -2.18. The van der Waals surface area contributed by atoms with Crippen molar-refractivity contribution in [3.8, 4) is 11.5 Å². The van der Waals surface area contributed by atoms with E-state index < -0.39 is 15.4 Å². The van der Waals surface area contributed by atoms with Gasteiger partial charge in [0.15, 0.2) is 0 Å². The Balaban J connectivity index is 2.56. The largest absolute Gasteiger partial charge is 0.508 e. The van der Waals surface area contributed by atoms with E-state index >= 15 is 0 Å². The number of benzene rings is 1. The Morgan fingerprint density at radius 3 is 2.07 bits per heavy atom.